The summed E-state index contributed by atoms with van der Waals surface area (Å²) in [5.41, 5.74) is 6.31. The van der Waals surface area contributed by atoms with E-state index >= 15 is 0 Å². The monoisotopic (exact) mass is 520 g/mol. The first-order chi connectivity index (χ1) is 16.3. The summed E-state index contributed by atoms with van der Waals surface area (Å²) in [5, 5.41) is 18.2. The molecule has 0 unspecified atom stereocenters. The van der Waals surface area contributed by atoms with E-state index in [4.69, 9.17) is 5.11 Å². The normalized spacial score (nSPS) is 13.9. The van der Waals surface area contributed by atoms with Crippen LogP contribution < -0.4 is 16.0 Å². The van der Waals surface area contributed by atoms with E-state index in [9.17, 15) is 9.59 Å². The highest BCUT2D eigenvalue weighted by Gasteiger charge is 2.28. The molecular formula is C26H25BrN4O3. The predicted molar refractivity (Wildman–Crippen MR) is 140 cm³/mol. The van der Waals surface area contributed by atoms with E-state index in [1.807, 2.05) is 56.6 Å². The van der Waals surface area contributed by atoms with Gasteiger partial charge in [-0.05, 0) is 61.6 Å². The van der Waals surface area contributed by atoms with E-state index in [0.717, 1.165) is 33.5 Å². The fraction of sp³-hybridized carbons (Fsp3) is 0.154. The molecule has 0 saturated carbocycles. The first-order valence-corrected chi connectivity index (χ1v) is 11.5. The highest BCUT2D eigenvalue weighted by Crippen LogP contribution is 2.39. The second-order valence-corrected chi connectivity index (χ2v) is 9.19. The Hall–Kier alpha value is -3.62. The third-order valence-corrected chi connectivity index (χ3v) is 5.81. The van der Waals surface area contributed by atoms with Gasteiger partial charge >= 0.3 is 5.97 Å². The molecule has 4 N–H and O–H groups in total. The van der Waals surface area contributed by atoms with Crippen LogP contribution in [0, 0.1) is 0 Å². The molecule has 0 bridgehead atoms. The number of benzene rings is 3. The number of halogens is 1. The maximum Gasteiger partial charge on any atom is 0.322 e. The number of carbonyl (C=O) groups excluding carboxylic acids is 1. The van der Waals surface area contributed by atoms with Gasteiger partial charge in [0.25, 0.3) is 5.91 Å². The van der Waals surface area contributed by atoms with Crippen molar-refractivity contribution in [2.75, 3.05) is 36.6 Å². The van der Waals surface area contributed by atoms with Crippen LogP contribution in [0.3, 0.4) is 0 Å². The van der Waals surface area contributed by atoms with Gasteiger partial charge in [-0.3, -0.25) is 9.59 Å². The Balaban J connectivity index is 1.74. The van der Waals surface area contributed by atoms with Gasteiger partial charge < -0.3 is 26.0 Å². The molecule has 3 aromatic rings. The van der Waals surface area contributed by atoms with Crippen LogP contribution in [0.5, 0.6) is 0 Å². The molecule has 0 aromatic heterocycles. The lowest BCUT2D eigenvalue weighted by molar-refractivity contribution is -0.134. The molecule has 1 aliphatic rings. The van der Waals surface area contributed by atoms with Gasteiger partial charge in [-0.2, -0.15) is 0 Å². The van der Waals surface area contributed by atoms with Crippen LogP contribution in [0.4, 0.5) is 17.1 Å². The maximum absolute atomic E-state index is 13.1. The Bertz CT molecular complexity index is 1250. The van der Waals surface area contributed by atoms with Gasteiger partial charge in [0.05, 0.1) is 17.0 Å². The van der Waals surface area contributed by atoms with Crippen molar-refractivity contribution >= 4 is 56.1 Å². The minimum atomic E-state index is -0.934. The maximum atomic E-state index is 13.1. The zero-order valence-corrected chi connectivity index (χ0v) is 20.4. The van der Waals surface area contributed by atoms with Crippen LogP contribution >= 0.6 is 15.9 Å². The van der Waals surface area contributed by atoms with E-state index in [1.54, 1.807) is 12.1 Å². The molecule has 1 aliphatic heterocycles. The molecule has 7 nitrogen and oxygen atoms in total. The highest BCUT2D eigenvalue weighted by atomic mass is 79.9. The number of carboxylic acid groups (broad SMARTS) is 1. The molecule has 0 saturated heterocycles. The summed E-state index contributed by atoms with van der Waals surface area (Å²) >= 11 is 3.46. The van der Waals surface area contributed by atoms with Crippen LogP contribution in [-0.2, 0) is 16.1 Å². The van der Waals surface area contributed by atoms with Gasteiger partial charge in [0.1, 0.15) is 6.54 Å². The van der Waals surface area contributed by atoms with Crippen molar-refractivity contribution in [3.8, 4) is 0 Å². The lowest BCUT2D eigenvalue weighted by atomic mass is 9.99. The second kappa shape index (κ2) is 10.1. The molecule has 1 amide bonds. The van der Waals surface area contributed by atoms with Crippen molar-refractivity contribution < 1.29 is 14.7 Å². The van der Waals surface area contributed by atoms with Crippen molar-refractivity contribution in [2.24, 2.45) is 0 Å². The van der Waals surface area contributed by atoms with Crippen molar-refractivity contribution in [2.45, 2.75) is 6.54 Å². The van der Waals surface area contributed by atoms with E-state index in [2.05, 4.69) is 48.9 Å². The highest BCUT2D eigenvalue weighted by molar-refractivity contribution is 9.10. The van der Waals surface area contributed by atoms with Crippen LogP contribution in [-0.4, -0.2) is 42.5 Å². The van der Waals surface area contributed by atoms with Crippen LogP contribution in [0.2, 0.25) is 0 Å². The quantitative estimate of drug-likeness (QED) is 0.314. The summed E-state index contributed by atoms with van der Waals surface area (Å²) in [6.45, 7) is 0.666. The molecule has 34 heavy (non-hydrogen) atoms. The minimum absolute atomic E-state index is 0.171. The van der Waals surface area contributed by atoms with E-state index in [0.29, 0.717) is 17.0 Å². The van der Waals surface area contributed by atoms with E-state index < -0.39 is 5.97 Å². The lowest BCUT2D eigenvalue weighted by Crippen LogP contribution is -2.12. The first-order valence-electron chi connectivity index (χ1n) is 10.7. The smallest absolute Gasteiger partial charge is 0.322 e. The van der Waals surface area contributed by atoms with Gasteiger partial charge in [0, 0.05) is 28.0 Å². The number of fused-ring (bicyclic) bond motifs is 1. The number of nitrogens with one attached hydrogen (secondary N) is 3. The van der Waals surface area contributed by atoms with E-state index in [-0.39, 0.29) is 12.5 Å². The van der Waals surface area contributed by atoms with Crippen molar-refractivity contribution in [1.29, 1.82) is 0 Å². The number of carboxylic acids is 1. The van der Waals surface area contributed by atoms with Crippen molar-refractivity contribution in [1.82, 2.24) is 4.90 Å². The van der Waals surface area contributed by atoms with Crippen molar-refractivity contribution in [3.63, 3.8) is 0 Å². The number of rotatable bonds is 8. The molecule has 4 rings (SSSR count). The summed E-state index contributed by atoms with van der Waals surface area (Å²) < 4.78 is 0.882. The Labute approximate surface area is 206 Å². The summed E-state index contributed by atoms with van der Waals surface area (Å²) in [6, 6.07) is 21.2. The summed E-state index contributed by atoms with van der Waals surface area (Å²) in [6.07, 6.45) is 0. The number of nitrogens with zero attached hydrogens (tertiary/aromatic N) is 1. The Kier molecular flexibility index (Phi) is 7.00. The summed E-state index contributed by atoms with van der Waals surface area (Å²) in [7, 11) is 4.05. The zero-order valence-electron chi connectivity index (χ0n) is 18.9. The molecular weight excluding hydrogens is 496 g/mol. The van der Waals surface area contributed by atoms with Gasteiger partial charge in [0.2, 0.25) is 0 Å². The van der Waals surface area contributed by atoms with Gasteiger partial charge in [0.15, 0.2) is 0 Å². The molecule has 0 atom stereocenters. The third kappa shape index (κ3) is 5.47. The molecule has 8 heteroatoms. The molecule has 0 aliphatic carbocycles. The average Bonchev–Trinajstić information content (AvgIpc) is 3.11. The zero-order chi connectivity index (χ0) is 24.2. The Morgan fingerprint density at radius 3 is 2.32 bits per heavy atom. The molecule has 174 valence electrons. The number of amides is 1. The fourth-order valence-electron chi connectivity index (χ4n) is 3.81. The van der Waals surface area contributed by atoms with Crippen molar-refractivity contribution in [3.05, 3.63) is 87.9 Å². The number of hydrogen-bond acceptors (Lipinski definition) is 5. The summed E-state index contributed by atoms with van der Waals surface area (Å²) in [5.74, 6) is -1.12. The number of aliphatic carboxylic acids is 1. The Morgan fingerprint density at radius 2 is 1.68 bits per heavy atom. The predicted octanol–water partition coefficient (Wildman–Crippen LogP) is 4.94. The third-order valence-electron chi connectivity index (χ3n) is 5.32. The standard InChI is InChI=1S/C26H25BrN4O3/c1-31(2)15-16-3-8-20(9-4-16)29-25(17-5-10-19(11-6-17)28-14-23(32)33)24-21-12-7-18(27)13-22(21)30-26(24)34/h3-13,28-29H,14-15H2,1-2H3,(H,30,34)(H,32,33)/b25-24-. The minimum Gasteiger partial charge on any atom is -0.480 e. The molecule has 0 fully saturated rings. The molecule has 1 heterocycles. The topological polar surface area (TPSA) is 93.7 Å². The van der Waals surface area contributed by atoms with Crippen LogP contribution in [0.1, 0.15) is 16.7 Å². The number of anilines is 3. The van der Waals surface area contributed by atoms with Gasteiger partial charge in [-0.25, -0.2) is 0 Å². The van der Waals surface area contributed by atoms with E-state index in [1.165, 1.54) is 5.56 Å². The summed E-state index contributed by atoms with van der Waals surface area (Å²) in [4.78, 5) is 26.0. The van der Waals surface area contributed by atoms with Crippen LogP contribution in [0.15, 0.2) is 71.2 Å². The molecule has 0 radical (unpaired) electrons. The largest absolute Gasteiger partial charge is 0.480 e. The van der Waals surface area contributed by atoms with Gasteiger partial charge in [-0.1, -0.05) is 46.3 Å². The molecule has 3 aromatic carbocycles. The Morgan fingerprint density at radius 1 is 1.00 bits per heavy atom. The SMILES string of the molecule is CN(C)Cc1ccc(N/C(=C2\C(=O)Nc3cc(Br)ccc32)c2ccc(NCC(=O)O)cc2)cc1. The fourth-order valence-corrected chi connectivity index (χ4v) is 4.17. The lowest BCUT2D eigenvalue weighted by Gasteiger charge is -2.16. The second-order valence-electron chi connectivity index (χ2n) is 8.28. The van der Waals surface area contributed by atoms with Crippen LogP contribution in [0.25, 0.3) is 11.3 Å². The average molecular weight is 521 g/mol. The number of carbonyl (C=O) groups is 2. The van der Waals surface area contributed by atoms with Gasteiger partial charge in [-0.15, -0.1) is 0 Å². The first kappa shape index (κ1) is 23.5. The number of hydrogen-bond donors (Lipinski definition) is 4. The molecule has 0 spiro atoms.